The Balaban J connectivity index is 2.96. The summed E-state index contributed by atoms with van der Waals surface area (Å²) in [5, 5.41) is 8.66. The second-order valence-corrected chi connectivity index (χ2v) is 3.84. The summed E-state index contributed by atoms with van der Waals surface area (Å²) in [6, 6.07) is 1.07. The van der Waals surface area contributed by atoms with Crippen molar-refractivity contribution in [1.82, 2.24) is 4.98 Å². The lowest BCUT2D eigenvalue weighted by Crippen LogP contribution is -2.09. The van der Waals surface area contributed by atoms with Gasteiger partial charge in [-0.05, 0) is 24.5 Å². The van der Waals surface area contributed by atoms with Gasteiger partial charge >= 0.3 is 12.1 Å². The Kier molecular flexibility index (Phi) is 4.20. The third-order valence-electron chi connectivity index (χ3n) is 2.46. The van der Waals surface area contributed by atoms with Crippen LogP contribution in [0.4, 0.5) is 13.2 Å². The molecule has 0 aliphatic heterocycles. The molecule has 1 rings (SSSR count). The first-order valence-electron chi connectivity index (χ1n) is 5.38. The van der Waals surface area contributed by atoms with E-state index < -0.39 is 23.5 Å². The summed E-state index contributed by atoms with van der Waals surface area (Å²) in [7, 11) is 0. The largest absolute Gasteiger partial charge is 0.477 e. The van der Waals surface area contributed by atoms with Gasteiger partial charge in [-0.2, -0.15) is 13.2 Å². The highest BCUT2D eigenvalue weighted by molar-refractivity contribution is 5.86. The smallest absolute Gasteiger partial charge is 0.431 e. The lowest BCUT2D eigenvalue weighted by Gasteiger charge is -2.07. The normalized spacial score (nSPS) is 11.8. The maximum absolute atomic E-state index is 12.6. The van der Waals surface area contributed by atoms with E-state index in [0.29, 0.717) is 6.42 Å². The predicted molar refractivity (Wildman–Crippen MR) is 56.0 cm³/mol. The molecule has 2 N–H and O–H groups in total. The Morgan fingerprint density at radius 1 is 1.41 bits per heavy atom. The predicted octanol–water partition coefficient (Wildman–Crippen LogP) is 3.46. The Morgan fingerprint density at radius 2 is 2.06 bits per heavy atom. The second-order valence-electron chi connectivity index (χ2n) is 3.84. The summed E-state index contributed by atoms with van der Waals surface area (Å²) in [4.78, 5) is 12.5. The van der Waals surface area contributed by atoms with Crippen molar-refractivity contribution in [2.24, 2.45) is 0 Å². The molecule has 0 aromatic carbocycles. The van der Waals surface area contributed by atoms with Gasteiger partial charge in [-0.1, -0.05) is 19.8 Å². The molecule has 0 aliphatic rings. The highest BCUT2D eigenvalue weighted by Gasteiger charge is 2.36. The number of carbonyl (C=O) groups is 1. The Hall–Kier alpha value is -1.46. The molecule has 96 valence electrons. The van der Waals surface area contributed by atoms with Crippen molar-refractivity contribution in [3.63, 3.8) is 0 Å². The molecule has 0 fully saturated rings. The van der Waals surface area contributed by atoms with Crippen molar-refractivity contribution in [1.29, 1.82) is 0 Å². The highest BCUT2D eigenvalue weighted by atomic mass is 19.4. The quantitative estimate of drug-likeness (QED) is 0.785. The Bertz CT molecular complexity index is 396. The van der Waals surface area contributed by atoms with Crippen molar-refractivity contribution in [2.45, 2.75) is 38.8 Å². The molecule has 0 aliphatic carbocycles. The van der Waals surface area contributed by atoms with Crippen LogP contribution in [0.3, 0.4) is 0 Å². The van der Waals surface area contributed by atoms with Crippen molar-refractivity contribution >= 4 is 5.97 Å². The molecule has 1 heterocycles. The van der Waals surface area contributed by atoms with Crippen LogP contribution >= 0.6 is 0 Å². The summed E-state index contributed by atoms with van der Waals surface area (Å²) in [6.07, 6.45) is -1.94. The number of nitrogens with one attached hydrogen (secondary N) is 1. The number of aromatic amines is 1. The van der Waals surface area contributed by atoms with Crippen LogP contribution < -0.4 is 0 Å². The number of halogens is 3. The second kappa shape index (κ2) is 5.25. The number of carboxylic acids is 1. The first-order valence-corrected chi connectivity index (χ1v) is 5.38. The van der Waals surface area contributed by atoms with Gasteiger partial charge < -0.3 is 10.1 Å². The Morgan fingerprint density at radius 3 is 2.53 bits per heavy atom. The molecule has 0 saturated carbocycles. The van der Waals surface area contributed by atoms with Crippen molar-refractivity contribution in [3.05, 3.63) is 23.0 Å². The van der Waals surface area contributed by atoms with Gasteiger partial charge in [-0.3, -0.25) is 0 Å². The molecule has 0 spiro atoms. The number of hydrogen-bond acceptors (Lipinski definition) is 1. The van der Waals surface area contributed by atoms with Crippen molar-refractivity contribution in [3.8, 4) is 0 Å². The van der Waals surface area contributed by atoms with E-state index in [-0.39, 0.29) is 12.0 Å². The van der Waals surface area contributed by atoms with E-state index >= 15 is 0 Å². The summed E-state index contributed by atoms with van der Waals surface area (Å²) in [5.74, 6) is -1.38. The summed E-state index contributed by atoms with van der Waals surface area (Å²) >= 11 is 0. The van der Waals surface area contributed by atoms with Crippen LogP contribution in [0, 0.1) is 0 Å². The zero-order valence-corrected chi connectivity index (χ0v) is 9.40. The molecule has 1 aromatic rings. The SMILES string of the molecule is CCCCCc1cc(C(=O)O)[nH]c1C(F)(F)F. The van der Waals surface area contributed by atoms with Gasteiger partial charge in [0, 0.05) is 0 Å². The number of aromatic carboxylic acids is 1. The van der Waals surface area contributed by atoms with E-state index in [1.165, 1.54) is 0 Å². The lowest BCUT2D eigenvalue weighted by molar-refractivity contribution is -0.141. The average molecular weight is 249 g/mol. The van der Waals surface area contributed by atoms with E-state index in [9.17, 15) is 18.0 Å². The summed E-state index contributed by atoms with van der Waals surface area (Å²) in [6.45, 7) is 1.95. The summed E-state index contributed by atoms with van der Waals surface area (Å²) < 4.78 is 37.8. The standard InChI is InChI=1S/C11H14F3NO2/c1-2-3-4-5-7-6-8(10(16)17)15-9(7)11(12,13)14/h6,15H,2-5H2,1H3,(H,16,17). The number of H-pyrrole nitrogens is 1. The molecule has 0 atom stereocenters. The molecular weight excluding hydrogens is 235 g/mol. The number of unbranched alkanes of at least 4 members (excludes halogenated alkanes) is 2. The fourth-order valence-electron chi connectivity index (χ4n) is 1.63. The van der Waals surface area contributed by atoms with Gasteiger partial charge in [0.25, 0.3) is 0 Å². The Labute approximate surface area is 96.6 Å². The van der Waals surface area contributed by atoms with Crippen LogP contribution in [-0.2, 0) is 12.6 Å². The first-order chi connectivity index (χ1) is 7.86. The molecule has 6 heteroatoms. The van der Waals surface area contributed by atoms with Gasteiger partial charge in [-0.15, -0.1) is 0 Å². The van der Waals surface area contributed by atoms with E-state index in [0.717, 1.165) is 18.9 Å². The van der Waals surface area contributed by atoms with Crippen LogP contribution in [0.2, 0.25) is 0 Å². The minimum absolute atomic E-state index is 0.0309. The molecule has 0 saturated heterocycles. The van der Waals surface area contributed by atoms with Crippen LogP contribution in [0.1, 0.15) is 47.9 Å². The third kappa shape index (κ3) is 3.51. The average Bonchev–Trinajstić information content (AvgIpc) is 2.62. The zero-order valence-electron chi connectivity index (χ0n) is 9.40. The minimum Gasteiger partial charge on any atom is -0.477 e. The monoisotopic (exact) mass is 249 g/mol. The van der Waals surface area contributed by atoms with E-state index in [2.05, 4.69) is 0 Å². The van der Waals surface area contributed by atoms with Crippen molar-refractivity contribution < 1.29 is 23.1 Å². The van der Waals surface area contributed by atoms with Gasteiger partial charge in [0.15, 0.2) is 0 Å². The van der Waals surface area contributed by atoms with Crippen LogP contribution in [0.15, 0.2) is 6.07 Å². The summed E-state index contributed by atoms with van der Waals surface area (Å²) in [5.41, 5.74) is -1.32. The molecule has 1 aromatic heterocycles. The lowest BCUT2D eigenvalue weighted by atomic mass is 10.1. The fraction of sp³-hybridized carbons (Fsp3) is 0.545. The van der Waals surface area contributed by atoms with Crippen molar-refractivity contribution in [2.75, 3.05) is 0 Å². The van der Waals surface area contributed by atoms with Crippen LogP contribution in [-0.4, -0.2) is 16.1 Å². The molecule has 0 unspecified atom stereocenters. The number of hydrogen-bond donors (Lipinski definition) is 2. The number of aryl methyl sites for hydroxylation is 1. The number of carboxylic acid groups (broad SMARTS) is 1. The fourth-order valence-corrected chi connectivity index (χ4v) is 1.63. The van der Waals surface area contributed by atoms with Gasteiger partial charge in [-0.25, -0.2) is 4.79 Å². The number of alkyl halides is 3. The van der Waals surface area contributed by atoms with E-state index in [1.54, 1.807) is 0 Å². The van der Waals surface area contributed by atoms with Crippen LogP contribution in [0.25, 0.3) is 0 Å². The topological polar surface area (TPSA) is 53.1 Å². The molecule has 0 bridgehead atoms. The van der Waals surface area contributed by atoms with E-state index in [1.807, 2.05) is 11.9 Å². The molecule has 0 radical (unpaired) electrons. The molecule has 0 amide bonds. The zero-order chi connectivity index (χ0) is 13.1. The van der Waals surface area contributed by atoms with E-state index in [4.69, 9.17) is 5.11 Å². The number of aromatic nitrogens is 1. The highest BCUT2D eigenvalue weighted by Crippen LogP contribution is 2.32. The first kappa shape index (κ1) is 13.6. The van der Waals surface area contributed by atoms with Gasteiger partial charge in [0.2, 0.25) is 0 Å². The van der Waals surface area contributed by atoms with Gasteiger partial charge in [0.1, 0.15) is 11.4 Å². The van der Waals surface area contributed by atoms with Gasteiger partial charge in [0.05, 0.1) is 0 Å². The van der Waals surface area contributed by atoms with Crippen LogP contribution in [0.5, 0.6) is 0 Å². The molecule has 17 heavy (non-hydrogen) atoms. The maximum atomic E-state index is 12.6. The maximum Gasteiger partial charge on any atom is 0.431 e. The molecule has 3 nitrogen and oxygen atoms in total. The third-order valence-corrected chi connectivity index (χ3v) is 2.46. The minimum atomic E-state index is -4.53. The number of rotatable bonds is 5. The molecular formula is C11H14F3NO2.